The van der Waals surface area contributed by atoms with Crippen LogP contribution in [0, 0.1) is 22.7 Å². The van der Waals surface area contributed by atoms with Crippen LogP contribution in [0.5, 0.6) is 17.2 Å². The van der Waals surface area contributed by atoms with Gasteiger partial charge in [-0.05, 0) is 48.5 Å². The summed E-state index contributed by atoms with van der Waals surface area (Å²) in [6, 6.07) is 22.1. The van der Waals surface area contributed by atoms with Crippen LogP contribution in [-0.4, -0.2) is 12.1 Å². The van der Waals surface area contributed by atoms with Crippen molar-refractivity contribution in [1.29, 1.82) is 5.26 Å². The minimum absolute atomic E-state index is 0.217. The lowest BCUT2D eigenvalue weighted by atomic mass is 10.1. The van der Waals surface area contributed by atoms with Gasteiger partial charge >= 0.3 is 12.1 Å². The highest BCUT2D eigenvalue weighted by Crippen LogP contribution is 2.55. The molecule has 0 spiro atoms. The summed E-state index contributed by atoms with van der Waals surface area (Å²) in [5.41, 5.74) is -0.947. The van der Waals surface area contributed by atoms with Gasteiger partial charge < -0.3 is 14.2 Å². The van der Waals surface area contributed by atoms with Crippen LogP contribution in [-0.2, 0) is 15.7 Å². The summed E-state index contributed by atoms with van der Waals surface area (Å²) in [4.78, 5) is 12.9. The van der Waals surface area contributed by atoms with E-state index >= 15 is 0 Å². The second-order valence-corrected chi connectivity index (χ2v) is 8.79. The lowest BCUT2D eigenvalue weighted by Gasteiger charge is -2.13. The molecule has 3 aromatic carbocycles. The summed E-state index contributed by atoms with van der Waals surface area (Å²) in [6.07, 6.45) is -6.21. The molecule has 3 aromatic rings. The summed E-state index contributed by atoms with van der Waals surface area (Å²) >= 11 is 0. The van der Waals surface area contributed by atoms with Gasteiger partial charge in [0.2, 0.25) is 6.10 Å². The van der Waals surface area contributed by atoms with E-state index in [0.717, 1.165) is 12.1 Å². The van der Waals surface area contributed by atoms with Crippen LogP contribution in [0.4, 0.5) is 13.2 Å². The Bertz CT molecular complexity index is 1230. The van der Waals surface area contributed by atoms with Crippen molar-refractivity contribution in [2.75, 3.05) is 0 Å². The number of para-hydroxylation sites is 1. The highest BCUT2D eigenvalue weighted by molar-refractivity contribution is 5.79. The SMILES string of the molecule is CC1(C)C(Oc2ccc(C(F)(F)F)cc2)C1C(=O)OC(C#N)c1cccc(Oc2ccccc2)c1. The molecule has 1 aliphatic carbocycles. The number of nitrogens with zero attached hydrogens (tertiary/aromatic N) is 1. The molecular formula is C27H22F3NO4. The van der Waals surface area contributed by atoms with Gasteiger partial charge in [-0.15, -0.1) is 0 Å². The second-order valence-electron chi connectivity index (χ2n) is 8.79. The van der Waals surface area contributed by atoms with Crippen molar-refractivity contribution in [3.63, 3.8) is 0 Å². The quantitative estimate of drug-likeness (QED) is 0.351. The number of rotatable bonds is 7. The fourth-order valence-electron chi connectivity index (χ4n) is 3.83. The summed E-state index contributed by atoms with van der Waals surface area (Å²) in [7, 11) is 0. The molecule has 0 radical (unpaired) electrons. The molecule has 0 saturated heterocycles. The largest absolute Gasteiger partial charge is 0.489 e. The van der Waals surface area contributed by atoms with E-state index in [2.05, 4.69) is 0 Å². The van der Waals surface area contributed by atoms with Crippen LogP contribution < -0.4 is 9.47 Å². The standard InChI is InChI=1S/C27H22F3NO4/c1-26(2)23(24(26)34-20-13-11-18(12-14-20)27(28,29)30)25(32)35-22(16-31)17-7-6-10-21(15-17)33-19-8-4-3-5-9-19/h3-15,22-24H,1-2H3. The van der Waals surface area contributed by atoms with Gasteiger partial charge in [0.05, 0.1) is 5.56 Å². The van der Waals surface area contributed by atoms with Gasteiger partial charge in [-0.3, -0.25) is 4.79 Å². The predicted octanol–water partition coefficient (Wildman–Crippen LogP) is 6.71. The molecule has 0 amide bonds. The highest BCUT2D eigenvalue weighted by atomic mass is 19.4. The van der Waals surface area contributed by atoms with E-state index in [4.69, 9.17) is 14.2 Å². The van der Waals surface area contributed by atoms with Crippen molar-refractivity contribution in [3.05, 3.63) is 90.0 Å². The fourth-order valence-corrected chi connectivity index (χ4v) is 3.83. The molecule has 0 aromatic heterocycles. The number of benzene rings is 3. The third kappa shape index (κ3) is 5.40. The molecular weight excluding hydrogens is 459 g/mol. The lowest BCUT2D eigenvalue weighted by molar-refractivity contribution is -0.149. The number of halogens is 3. The third-order valence-electron chi connectivity index (χ3n) is 5.92. The van der Waals surface area contributed by atoms with Crippen LogP contribution in [0.3, 0.4) is 0 Å². The Hall–Kier alpha value is -3.99. The normalized spacial score (nSPS) is 19.2. The van der Waals surface area contributed by atoms with Crippen LogP contribution in [0.15, 0.2) is 78.9 Å². The molecule has 0 N–H and O–H groups in total. The van der Waals surface area contributed by atoms with Gasteiger partial charge in [0.15, 0.2) is 0 Å². The first kappa shape index (κ1) is 24.1. The molecule has 1 fully saturated rings. The van der Waals surface area contributed by atoms with E-state index in [0.29, 0.717) is 17.1 Å². The molecule has 8 heteroatoms. The van der Waals surface area contributed by atoms with Crippen molar-refractivity contribution in [3.8, 4) is 23.3 Å². The smallest absolute Gasteiger partial charge is 0.416 e. The van der Waals surface area contributed by atoms with Crippen molar-refractivity contribution >= 4 is 5.97 Å². The van der Waals surface area contributed by atoms with Gasteiger partial charge in [-0.2, -0.15) is 18.4 Å². The van der Waals surface area contributed by atoms with Gasteiger partial charge in [0.25, 0.3) is 0 Å². The maximum atomic E-state index is 12.9. The second kappa shape index (κ2) is 9.34. The van der Waals surface area contributed by atoms with Crippen molar-refractivity contribution < 1.29 is 32.2 Å². The Labute approximate surface area is 200 Å². The molecule has 3 atom stereocenters. The van der Waals surface area contributed by atoms with Crippen LogP contribution >= 0.6 is 0 Å². The Morgan fingerprint density at radius 1 is 0.943 bits per heavy atom. The Balaban J connectivity index is 1.42. The summed E-state index contributed by atoms with van der Waals surface area (Å²) in [5.74, 6) is 0.0320. The van der Waals surface area contributed by atoms with Crippen LogP contribution in [0.2, 0.25) is 0 Å². The minimum atomic E-state index is -4.44. The monoisotopic (exact) mass is 481 g/mol. The van der Waals surface area contributed by atoms with E-state index in [1.807, 2.05) is 24.3 Å². The van der Waals surface area contributed by atoms with Crippen molar-refractivity contribution in [2.24, 2.45) is 11.3 Å². The summed E-state index contributed by atoms with van der Waals surface area (Å²) < 4.78 is 55.4. The topological polar surface area (TPSA) is 68.5 Å². The zero-order valence-electron chi connectivity index (χ0n) is 19.0. The number of carbonyl (C=O) groups is 1. The Kier molecular flexibility index (Phi) is 6.44. The van der Waals surface area contributed by atoms with Crippen LogP contribution in [0.25, 0.3) is 0 Å². The maximum Gasteiger partial charge on any atom is 0.416 e. The van der Waals surface area contributed by atoms with E-state index in [1.54, 1.807) is 50.2 Å². The molecule has 3 unspecified atom stereocenters. The molecule has 0 bridgehead atoms. The molecule has 4 rings (SSSR count). The highest BCUT2D eigenvalue weighted by Gasteiger charge is 2.65. The van der Waals surface area contributed by atoms with Gasteiger partial charge in [-0.25, -0.2) is 0 Å². The first-order chi connectivity index (χ1) is 16.6. The molecule has 180 valence electrons. The zero-order valence-corrected chi connectivity index (χ0v) is 19.0. The van der Waals surface area contributed by atoms with Crippen molar-refractivity contribution in [2.45, 2.75) is 32.2 Å². The average Bonchev–Trinajstić information content (AvgIpc) is 3.37. The summed E-state index contributed by atoms with van der Waals surface area (Å²) in [5, 5.41) is 9.64. The number of alkyl halides is 3. The molecule has 0 aliphatic heterocycles. The van der Waals surface area contributed by atoms with E-state index in [-0.39, 0.29) is 5.75 Å². The van der Waals surface area contributed by atoms with Gasteiger partial charge in [0.1, 0.15) is 35.3 Å². The third-order valence-corrected chi connectivity index (χ3v) is 5.92. The summed E-state index contributed by atoms with van der Waals surface area (Å²) in [6.45, 7) is 3.59. The predicted molar refractivity (Wildman–Crippen MR) is 121 cm³/mol. The van der Waals surface area contributed by atoms with E-state index in [1.165, 1.54) is 12.1 Å². The fraction of sp³-hybridized carbons (Fsp3) is 0.259. The zero-order chi connectivity index (χ0) is 25.2. The molecule has 1 aliphatic rings. The number of esters is 1. The number of hydrogen-bond acceptors (Lipinski definition) is 5. The average molecular weight is 481 g/mol. The van der Waals surface area contributed by atoms with Crippen molar-refractivity contribution in [1.82, 2.24) is 0 Å². The molecule has 5 nitrogen and oxygen atoms in total. The first-order valence-corrected chi connectivity index (χ1v) is 10.9. The molecule has 35 heavy (non-hydrogen) atoms. The Morgan fingerprint density at radius 2 is 1.60 bits per heavy atom. The number of hydrogen-bond donors (Lipinski definition) is 0. The van der Waals surface area contributed by atoms with E-state index in [9.17, 15) is 23.2 Å². The molecule has 1 saturated carbocycles. The maximum absolute atomic E-state index is 12.9. The minimum Gasteiger partial charge on any atom is -0.489 e. The first-order valence-electron chi connectivity index (χ1n) is 10.9. The number of carbonyl (C=O) groups excluding carboxylic acids is 1. The van der Waals surface area contributed by atoms with Crippen LogP contribution in [0.1, 0.15) is 31.1 Å². The Morgan fingerprint density at radius 3 is 2.23 bits per heavy atom. The number of ether oxygens (including phenoxy) is 3. The van der Waals surface area contributed by atoms with Gasteiger partial charge in [0, 0.05) is 11.0 Å². The number of nitriles is 1. The van der Waals surface area contributed by atoms with Gasteiger partial charge in [-0.1, -0.05) is 44.2 Å². The molecule has 0 heterocycles. The van der Waals surface area contributed by atoms with E-state index < -0.39 is 41.2 Å². The lowest BCUT2D eigenvalue weighted by Crippen LogP contribution is -2.16.